The van der Waals surface area contributed by atoms with Gasteiger partial charge in [-0.15, -0.1) is 0 Å². The fourth-order valence-electron chi connectivity index (χ4n) is 1.88. The number of aliphatic imine (C=N–C) groups is 2. The van der Waals surface area contributed by atoms with Crippen LogP contribution in [0.4, 0.5) is 0 Å². The van der Waals surface area contributed by atoms with E-state index in [9.17, 15) is 19.8 Å². The lowest BCUT2D eigenvalue weighted by Crippen LogP contribution is -1.97. The number of carboxylic acid groups (broad SMARTS) is 1. The molecule has 0 atom stereocenters. The number of phenolic OH excluding ortho intramolecular Hbond substituents is 2. The van der Waals surface area contributed by atoms with Crippen LogP contribution in [0.15, 0.2) is 58.8 Å². The minimum absolute atomic E-state index is 0.0270. The van der Waals surface area contributed by atoms with E-state index in [4.69, 9.17) is 5.11 Å². The maximum Gasteiger partial charge on any atom is 0.335 e. The number of hydrogen-bond acceptors (Lipinski definition) is 7. The number of carbonyl (C=O) groups is 2. The second kappa shape index (κ2) is 8.78. The average Bonchev–Trinajstić information content (AvgIpc) is 2.61. The normalized spacial score (nSPS) is 11.4. The fourth-order valence-corrected chi connectivity index (χ4v) is 1.88. The standard InChI is InChI=1S/C18H14N2O6/c21-11-26-15-2-4-17(23)14(8-15)10-20-6-5-19-9-13-7-12(18(24)25)1-3-16(13)22/h1-11,22-23H,(H,24,25)/b6-5-,19-9?,20-10?. The molecule has 0 amide bonds. The van der Waals surface area contributed by atoms with E-state index in [0.717, 1.165) is 0 Å². The van der Waals surface area contributed by atoms with Gasteiger partial charge in [0.2, 0.25) is 0 Å². The molecule has 26 heavy (non-hydrogen) atoms. The Labute approximate surface area is 148 Å². The molecule has 0 saturated carbocycles. The minimum Gasteiger partial charge on any atom is -0.507 e. The smallest absolute Gasteiger partial charge is 0.335 e. The van der Waals surface area contributed by atoms with Gasteiger partial charge in [0.25, 0.3) is 6.47 Å². The molecule has 8 nitrogen and oxygen atoms in total. The Morgan fingerprint density at radius 2 is 1.50 bits per heavy atom. The number of aromatic hydroxyl groups is 2. The summed E-state index contributed by atoms with van der Waals surface area (Å²) in [6.45, 7) is 0.274. The van der Waals surface area contributed by atoms with Crippen LogP contribution < -0.4 is 4.74 Å². The monoisotopic (exact) mass is 354 g/mol. The maximum absolute atomic E-state index is 10.9. The number of carboxylic acids is 1. The van der Waals surface area contributed by atoms with Crippen molar-refractivity contribution in [3.63, 3.8) is 0 Å². The number of aromatic carboxylic acids is 1. The lowest BCUT2D eigenvalue weighted by Gasteiger charge is -2.01. The van der Waals surface area contributed by atoms with Crippen LogP contribution in [0.2, 0.25) is 0 Å². The van der Waals surface area contributed by atoms with Crippen molar-refractivity contribution in [3.8, 4) is 17.2 Å². The molecule has 0 heterocycles. The van der Waals surface area contributed by atoms with Crippen molar-refractivity contribution in [2.45, 2.75) is 0 Å². The molecule has 0 aliphatic carbocycles. The quantitative estimate of drug-likeness (QED) is 0.517. The molecule has 2 rings (SSSR count). The van der Waals surface area contributed by atoms with Crippen molar-refractivity contribution in [2.24, 2.45) is 9.98 Å². The molecule has 0 unspecified atom stereocenters. The van der Waals surface area contributed by atoms with Crippen LogP contribution in [0.3, 0.4) is 0 Å². The summed E-state index contributed by atoms with van der Waals surface area (Å²) in [6.07, 6.45) is 5.25. The molecule has 132 valence electrons. The van der Waals surface area contributed by atoms with Crippen LogP contribution in [0.5, 0.6) is 17.2 Å². The summed E-state index contributed by atoms with van der Waals surface area (Å²) in [6, 6.07) is 8.06. The first-order valence-electron chi connectivity index (χ1n) is 7.22. The summed E-state index contributed by atoms with van der Waals surface area (Å²) in [7, 11) is 0. The first kappa shape index (κ1) is 18.4. The molecule has 0 saturated heterocycles. The van der Waals surface area contributed by atoms with Crippen LogP contribution in [-0.4, -0.2) is 40.2 Å². The Balaban J connectivity index is 2.05. The Kier molecular flexibility index (Phi) is 6.22. The van der Waals surface area contributed by atoms with Crippen LogP contribution in [0, 0.1) is 0 Å². The zero-order valence-corrected chi connectivity index (χ0v) is 13.3. The predicted molar refractivity (Wildman–Crippen MR) is 94.2 cm³/mol. The van der Waals surface area contributed by atoms with Gasteiger partial charge in [0.1, 0.15) is 17.2 Å². The zero-order valence-electron chi connectivity index (χ0n) is 13.3. The van der Waals surface area contributed by atoms with Crippen molar-refractivity contribution in [1.29, 1.82) is 0 Å². The van der Waals surface area contributed by atoms with Crippen LogP contribution >= 0.6 is 0 Å². The summed E-state index contributed by atoms with van der Waals surface area (Å²) in [4.78, 5) is 29.0. The highest BCUT2D eigenvalue weighted by molar-refractivity contribution is 5.92. The van der Waals surface area contributed by atoms with Crippen molar-refractivity contribution in [3.05, 3.63) is 65.5 Å². The van der Waals surface area contributed by atoms with Gasteiger partial charge >= 0.3 is 5.97 Å². The highest BCUT2D eigenvalue weighted by atomic mass is 16.5. The summed E-state index contributed by atoms with van der Waals surface area (Å²) < 4.78 is 4.67. The van der Waals surface area contributed by atoms with Gasteiger partial charge in [-0.3, -0.25) is 14.8 Å². The molecule has 0 radical (unpaired) electrons. The summed E-state index contributed by atoms with van der Waals surface area (Å²) >= 11 is 0. The summed E-state index contributed by atoms with van der Waals surface area (Å²) in [5.41, 5.74) is 0.610. The van der Waals surface area contributed by atoms with E-state index in [-0.39, 0.29) is 34.8 Å². The van der Waals surface area contributed by atoms with Gasteiger partial charge in [-0.25, -0.2) is 4.79 Å². The molecule has 3 N–H and O–H groups in total. The van der Waals surface area contributed by atoms with Gasteiger partial charge in [0, 0.05) is 36.0 Å². The lowest BCUT2D eigenvalue weighted by molar-refractivity contribution is -0.120. The molecule has 0 aromatic heterocycles. The number of ether oxygens (including phenoxy) is 1. The van der Waals surface area contributed by atoms with Gasteiger partial charge < -0.3 is 20.1 Å². The van der Waals surface area contributed by atoms with Gasteiger partial charge in [0.15, 0.2) is 0 Å². The average molecular weight is 354 g/mol. The Hall–Kier alpha value is -3.94. The molecule has 0 bridgehead atoms. The highest BCUT2D eigenvalue weighted by Gasteiger charge is 2.05. The van der Waals surface area contributed by atoms with Gasteiger partial charge in [-0.05, 0) is 36.4 Å². The molecule has 0 spiro atoms. The van der Waals surface area contributed by atoms with E-state index < -0.39 is 5.97 Å². The van der Waals surface area contributed by atoms with Crippen molar-refractivity contribution in [1.82, 2.24) is 0 Å². The SMILES string of the molecule is O=COc1ccc(O)c(C=N/C=C\N=Cc2cc(C(=O)O)ccc2O)c1. The van der Waals surface area contributed by atoms with E-state index in [0.29, 0.717) is 5.56 Å². The zero-order chi connectivity index (χ0) is 18.9. The van der Waals surface area contributed by atoms with Crippen molar-refractivity contribution in [2.75, 3.05) is 0 Å². The molecule has 2 aromatic carbocycles. The third-order valence-electron chi connectivity index (χ3n) is 3.12. The molecule has 0 aliphatic heterocycles. The molecular weight excluding hydrogens is 340 g/mol. The lowest BCUT2D eigenvalue weighted by atomic mass is 10.1. The molecule has 2 aromatic rings. The van der Waals surface area contributed by atoms with Crippen LogP contribution in [0.25, 0.3) is 0 Å². The number of carbonyl (C=O) groups excluding carboxylic acids is 1. The molecule has 0 aliphatic rings. The van der Waals surface area contributed by atoms with Gasteiger partial charge in [0.05, 0.1) is 5.56 Å². The second-order valence-electron chi connectivity index (χ2n) is 4.87. The summed E-state index contributed by atoms with van der Waals surface area (Å²) in [5.74, 6) is -0.998. The Bertz CT molecular complexity index is 903. The minimum atomic E-state index is -1.11. The molecular formula is C18H14N2O6. The third-order valence-corrected chi connectivity index (χ3v) is 3.12. The van der Waals surface area contributed by atoms with E-state index in [2.05, 4.69) is 14.7 Å². The van der Waals surface area contributed by atoms with Crippen molar-refractivity contribution >= 4 is 24.9 Å². The van der Waals surface area contributed by atoms with Crippen LogP contribution in [0.1, 0.15) is 21.5 Å². The van der Waals surface area contributed by atoms with E-state index >= 15 is 0 Å². The largest absolute Gasteiger partial charge is 0.507 e. The predicted octanol–water partition coefficient (Wildman–Crippen LogP) is 2.34. The highest BCUT2D eigenvalue weighted by Crippen LogP contribution is 2.21. The maximum atomic E-state index is 10.9. The number of hydrogen-bond donors (Lipinski definition) is 3. The molecule has 0 fully saturated rings. The second-order valence-corrected chi connectivity index (χ2v) is 4.87. The van der Waals surface area contributed by atoms with Crippen LogP contribution in [-0.2, 0) is 4.79 Å². The summed E-state index contributed by atoms with van der Waals surface area (Å²) in [5, 5.41) is 28.3. The van der Waals surface area contributed by atoms with E-state index in [1.807, 2.05) is 0 Å². The van der Waals surface area contributed by atoms with Gasteiger partial charge in [-0.2, -0.15) is 0 Å². The van der Waals surface area contributed by atoms with E-state index in [1.165, 1.54) is 61.2 Å². The van der Waals surface area contributed by atoms with Crippen molar-refractivity contribution < 1.29 is 29.6 Å². The topological polar surface area (TPSA) is 129 Å². The Morgan fingerprint density at radius 1 is 0.923 bits per heavy atom. The van der Waals surface area contributed by atoms with Gasteiger partial charge in [-0.1, -0.05) is 0 Å². The fraction of sp³-hybridized carbons (Fsp3) is 0. The first-order valence-corrected chi connectivity index (χ1v) is 7.22. The number of benzene rings is 2. The number of rotatable bonds is 7. The van der Waals surface area contributed by atoms with E-state index in [1.54, 1.807) is 0 Å². The third kappa shape index (κ3) is 5.03. The first-order chi connectivity index (χ1) is 12.5. The number of phenols is 2. The number of nitrogens with zero attached hydrogens (tertiary/aromatic N) is 2. The Morgan fingerprint density at radius 3 is 2.08 bits per heavy atom. The molecule has 8 heteroatoms.